The largest absolute Gasteiger partial charge is 0.504 e. The lowest BCUT2D eigenvalue weighted by Crippen LogP contribution is -2.00. The van der Waals surface area contributed by atoms with Gasteiger partial charge in [-0.05, 0) is 42.5 Å². The number of benzene rings is 2. The van der Waals surface area contributed by atoms with Crippen LogP contribution in [0.25, 0.3) is 22.3 Å². The van der Waals surface area contributed by atoms with Gasteiger partial charge in [0.05, 0.1) is 5.39 Å². The lowest BCUT2D eigenvalue weighted by molar-refractivity contribution is 0.403. The van der Waals surface area contributed by atoms with Crippen molar-refractivity contribution in [2.75, 3.05) is 0 Å². The number of phenolic OH excluding ortho intramolecular Hbond substituents is 2. The third kappa shape index (κ3) is 3.37. The van der Waals surface area contributed by atoms with Gasteiger partial charge in [-0.1, -0.05) is 19.2 Å². The maximum Gasteiger partial charge on any atom is 0.193 e. The minimum atomic E-state index is -0.371. The summed E-state index contributed by atoms with van der Waals surface area (Å²) in [5.74, 6) is 0.759. The van der Waals surface area contributed by atoms with Crippen molar-refractivity contribution >= 4 is 11.0 Å². The molecule has 26 heavy (non-hydrogen) atoms. The molecule has 0 aliphatic carbocycles. The molecular formula is C21H16O5. The molecule has 3 rings (SSSR count). The molecule has 0 atom stereocenters. The van der Waals surface area contributed by atoms with Crippen LogP contribution in [0.3, 0.4) is 0 Å². The van der Waals surface area contributed by atoms with Gasteiger partial charge in [-0.2, -0.15) is 0 Å². The van der Waals surface area contributed by atoms with Crippen LogP contribution in [0.2, 0.25) is 0 Å². The second-order valence-corrected chi connectivity index (χ2v) is 5.45. The van der Waals surface area contributed by atoms with Gasteiger partial charge in [0, 0.05) is 17.7 Å². The Hall–Kier alpha value is -3.73. The number of fused-ring (bicyclic) bond motifs is 1. The maximum atomic E-state index is 12.3. The molecule has 0 bridgehead atoms. The van der Waals surface area contributed by atoms with Gasteiger partial charge < -0.3 is 19.4 Å². The van der Waals surface area contributed by atoms with Crippen molar-refractivity contribution in [1.29, 1.82) is 0 Å². The maximum absolute atomic E-state index is 12.3. The quantitative estimate of drug-likeness (QED) is 0.403. The van der Waals surface area contributed by atoms with Crippen molar-refractivity contribution in [1.82, 2.24) is 0 Å². The average Bonchev–Trinajstić information content (AvgIpc) is 2.63. The summed E-state index contributed by atoms with van der Waals surface area (Å²) in [6.07, 6.45) is 4.85. The van der Waals surface area contributed by atoms with Gasteiger partial charge >= 0.3 is 0 Å². The van der Waals surface area contributed by atoms with E-state index in [-0.39, 0.29) is 27.9 Å². The molecule has 0 amide bonds. The summed E-state index contributed by atoms with van der Waals surface area (Å²) >= 11 is 0. The van der Waals surface area contributed by atoms with Crippen molar-refractivity contribution < 1.29 is 19.4 Å². The molecule has 0 aliphatic heterocycles. The fraction of sp³-hybridized carbons (Fsp3) is 0. The van der Waals surface area contributed by atoms with Gasteiger partial charge in [-0.3, -0.25) is 4.79 Å². The average molecular weight is 348 g/mol. The zero-order valence-corrected chi connectivity index (χ0v) is 13.8. The highest BCUT2D eigenvalue weighted by molar-refractivity contribution is 5.82. The van der Waals surface area contributed by atoms with Crippen LogP contribution >= 0.6 is 0 Å². The first-order valence-electron chi connectivity index (χ1n) is 7.75. The standard InChI is InChI=1S/C21H16O5/c1-3-5-14(4-2)25-15-8-6-13(7-9-15)20-11-17(22)16-10-18(23)19(24)12-21(16)26-20/h3-12,23-24H,1-2H2/b14-5+. The Morgan fingerprint density at radius 2 is 1.73 bits per heavy atom. The summed E-state index contributed by atoms with van der Waals surface area (Å²) in [5.41, 5.74) is 0.530. The highest BCUT2D eigenvalue weighted by atomic mass is 16.5. The molecule has 0 saturated carbocycles. The smallest absolute Gasteiger partial charge is 0.193 e. The van der Waals surface area contributed by atoms with Gasteiger partial charge in [0.2, 0.25) is 0 Å². The molecule has 0 radical (unpaired) electrons. The number of phenols is 2. The van der Waals surface area contributed by atoms with E-state index in [1.54, 1.807) is 42.5 Å². The topological polar surface area (TPSA) is 79.9 Å². The Kier molecular flexibility index (Phi) is 4.62. The number of ether oxygens (including phenoxy) is 1. The van der Waals surface area contributed by atoms with Crippen LogP contribution in [-0.4, -0.2) is 10.2 Å². The van der Waals surface area contributed by atoms with E-state index >= 15 is 0 Å². The number of rotatable bonds is 5. The van der Waals surface area contributed by atoms with Gasteiger partial charge in [-0.15, -0.1) is 0 Å². The third-order valence-corrected chi connectivity index (χ3v) is 3.68. The van der Waals surface area contributed by atoms with Crippen LogP contribution in [-0.2, 0) is 0 Å². The van der Waals surface area contributed by atoms with Crippen molar-refractivity contribution in [2.45, 2.75) is 0 Å². The summed E-state index contributed by atoms with van der Waals surface area (Å²) in [5, 5.41) is 19.3. The van der Waals surface area contributed by atoms with E-state index < -0.39 is 0 Å². The molecule has 0 aliphatic rings. The minimum absolute atomic E-state index is 0.186. The summed E-state index contributed by atoms with van der Waals surface area (Å²) < 4.78 is 11.3. The summed E-state index contributed by atoms with van der Waals surface area (Å²) in [4.78, 5) is 12.3. The van der Waals surface area contributed by atoms with Crippen LogP contribution < -0.4 is 10.2 Å². The summed E-state index contributed by atoms with van der Waals surface area (Å²) in [7, 11) is 0. The molecule has 3 aromatic rings. The molecule has 2 N–H and O–H groups in total. The molecule has 5 heteroatoms. The molecule has 130 valence electrons. The van der Waals surface area contributed by atoms with Crippen LogP contribution in [0.15, 0.2) is 88.8 Å². The number of allylic oxidation sites excluding steroid dienone is 3. The second-order valence-electron chi connectivity index (χ2n) is 5.45. The van der Waals surface area contributed by atoms with E-state index in [2.05, 4.69) is 13.2 Å². The Balaban J connectivity index is 1.98. The van der Waals surface area contributed by atoms with Crippen LogP contribution in [0.5, 0.6) is 17.2 Å². The van der Waals surface area contributed by atoms with E-state index in [1.807, 2.05) is 0 Å². The monoisotopic (exact) mass is 348 g/mol. The van der Waals surface area contributed by atoms with Crippen LogP contribution in [0.4, 0.5) is 0 Å². The van der Waals surface area contributed by atoms with E-state index in [0.717, 1.165) is 0 Å². The zero-order chi connectivity index (χ0) is 18.7. The molecule has 5 nitrogen and oxygen atoms in total. The SMILES string of the molecule is C=C/C=C(\C=C)Oc1ccc(-c2cc(=O)c3cc(O)c(O)cc3o2)cc1. The summed E-state index contributed by atoms with van der Waals surface area (Å²) in [6, 6.07) is 10.7. The molecular weight excluding hydrogens is 332 g/mol. The predicted molar refractivity (Wildman–Crippen MR) is 100 cm³/mol. The number of hydrogen-bond acceptors (Lipinski definition) is 5. The fourth-order valence-electron chi connectivity index (χ4n) is 2.40. The predicted octanol–water partition coefficient (Wildman–Crippen LogP) is 4.51. The van der Waals surface area contributed by atoms with Gasteiger partial charge in [-0.25, -0.2) is 0 Å². The van der Waals surface area contributed by atoms with Crippen LogP contribution in [0, 0.1) is 0 Å². The highest BCUT2D eigenvalue weighted by Crippen LogP contribution is 2.31. The van der Waals surface area contributed by atoms with E-state index in [1.165, 1.54) is 18.2 Å². The number of hydrogen-bond donors (Lipinski definition) is 2. The lowest BCUT2D eigenvalue weighted by atomic mass is 10.1. The van der Waals surface area contributed by atoms with Gasteiger partial charge in [0.25, 0.3) is 0 Å². The molecule has 1 heterocycles. The first kappa shape index (κ1) is 17.1. The fourth-order valence-corrected chi connectivity index (χ4v) is 2.40. The van der Waals surface area contributed by atoms with Gasteiger partial charge in [0.1, 0.15) is 22.9 Å². The van der Waals surface area contributed by atoms with Gasteiger partial charge in [0.15, 0.2) is 16.9 Å². The first-order chi connectivity index (χ1) is 12.5. The Morgan fingerprint density at radius 1 is 1.04 bits per heavy atom. The van der Waals surface area contributed by atoms with E-state index in [4.69, 9.17) is 9.15 Å². The summed E-state index contributed by atoms with van der Waals surface area (Å²) in [6.45, 7) is 7.27. The van der Waals surface area contributed by atoms with E-state index in [0.29, 0.717) is 22.8 Å². The lowest BCUT2D eigenvalue weighted by Gasteiger charge is -2.08. The normalized spacial score (nSPS) is 11.3. The Labute approximate surface area is 149 Å². The molecule has 0 fully saturated rings. The molecule has 0 saturated heterocycles. The Morgan fingerprint density at radius 3 is 2.38 bits per heavy atom. The second kappa shape index (κ2) is 7.03. The molecule has 2 aromatic carbocycles. The molecule has 0 unspecified atom stereocenters. The zero-order valence-electron chi connectivity index (χ0n) is 13.8. The van der Waals surface area contributed by atoms with E-state index in [9.17, 15) is 15.0 Å². The Bertz CT molecular complexity index is 1070. The number of aromatic hydroxyl groups is 2. The first-order valence-corrected chi connectivity index (χ1v) is 7.75. The van der Waals surface area contributed by atoms with Crippen molar-refractivity contribution in [3.8, 4) is 28.6 Å². The highest BCUT2D eigenvalue weighted by Gasteiger charge is 2.11. The van der Waals surface area contributed by atoms with Crippen molar-refractivity contribution in [3.63, 3.8) is 0 Å². The van der Waals surface area contributed by atoms with Crippen molar-refractivity contribution in [3.05, 3.63) is 89.8 Å². The molecule has 0 spiro atoms. The van der Waals surface area contributed by atoms with Crippen LogP contribution in [0.1, 0.15) is 0 Å². The third-order valence-electron chi connectivity index (χ3n) is 3.68. The van der Waals surface area contributed by atoms with Crippen molar-refractivity contribution in [2.24, 2.45) is 0 Å². The minimum Gasteiger partial charge on any atom is -0.504 e. The molecule has 1 aromatic heterocycles.